The van der Waals surface area contributed by atoms with Crippen LogP contribution in [0.2, 0.25) is 0 Å². The summed E-state index contributed by atoms with van der Waals surface area (Å²) in [5.41, 5.74) is 0. The summed E-state index contributed by atoms with van der Waals surface area (Å²) in [5.74, 6) is -0.217. The van der Waals surface area contributed by atoms with Crippen molar-refractivity contribution in [3.8, 4) is 0 Å². The van der Waals surface area contributed by atoms with E-state index in [-0.39, 0.29) is 11.9 Å². The van der Waals surface area contributed by atoms with Crippen LogP contribution in [0.3, 0.4) is 0 Å². The van der Waals surface area contributed by atoms with Gasteiger partial charge in [-0.3, -0.25) is 14.5 Å². The van der Waals surface area contributed by atoms with Gasteiger partial charge in [-0.05, 0) is 84.1 Å². The first kappa shape index (κ1) is 43.9. The molecule has 0 saturated carbocycles. The van der Waals surface area contributed by atoms with Gasteiger partial charge in [-0.15, -0.1) is 0 Å². The Kier molecular flexibility index (Phi) is 35.6. The largest absolute Gasteiger partial charge is 0.464 e. The monoisotopic (exact) mass is 644 g/mol. The summed E-state index contributed by atoms with van der Waals surface area (Å²) in [7, 11) is 1.96. The minimum absolute atomic E-state index is 0.108. The Morgan fingerprint density at radius 2 is 0.783 bits per heavy atom. The molecule has 0 aliphatic rings. The highest BCUT2D eigenvalue weighted by Crippen LogP contribution is 2.10. The summed E-state index contributed by atoms with van der Waals surface area (Å²) in [6, 6.07) is 0. The SMILES string of the molecule is CCCCCC=CCC=CCCCCCCCC(=O)OCCN(C)CCOC(=O)CCCCCCCC=CCC=CCCCCC. The molecule has 0 fully saturated rings. The van der Waals surface area contributed by atoms with Crippen LogP contribution in [0.1, 0.15) is 168 Å². The fraction of sp³-hybridized carbons (Fsp3) is 0.756. The van der Waals surface area contributed by atoms with Gasteiger partial charge in [-0.2, -0.15) is 0 Å². The first-order chi connectivity index (χ1) is 22.6. The van der Waals surface area contributed by atoms with Crippen LogP contribution in [0.15, 0.2) is 48.6 Å². The summed E-state index contributed by atoms with van der Waals surface area (Å²) in [6.45, 7) is 6.55. The molecule has 0 amide bonds. The molecule has 0 spiro atoms. The number of hydrogen-bond acceptors (Lipinski definition) is 5. The molecule has 0 rings (SSSR count). The van der Waals surface area contributed by atoms with Gasteiger partial charge in [0.15, 0.2) is 0 Å². The van der Waals surface area contributed by atoms with Gasteiger partial charge in [-0.1, -0.05) is 127 Å². The van der Waals surface area contributed by atoms with Gasteiger partial charge in [0.1, 0.15) is 13.2 Å². The molecule has 46 heavy (non-hydrogen) atoms. The molecule has 0 N–H and O–H groups in total. The Hall–Kier alpha value is -2.14. The maximum absolute atomic E-state index is 12.0. The van der Waals surface area contributed by atoms with Crippen molar-refractivity contribution in [3.63, 3.8) is 0 Å². The molecule has 5 heteroatoms. The van der Waals surface area contributed by atoms with E-state index in [2.05, 4.69) is 62.5 Å². The Labute approximate surface area is 285 Å². The van der Waals surface area contributed by atoms with E-state index in [9.17, 15) is 9.59 Å². The van der Waals surface area contributed by atoms with Gasteiger partial charge >= 0.3 is 11.9 Å². The van der Waals surface area contributed by atoms with Crippen LogP contribution in [-0.2, 0) is 19.1 Å². The second-order valence-electron chi connectivity index (χ2n) is 12.7. The van der Waals surface area contributed by atoms with Crippen LogP contribution in [0.4, 0.5) is 0 Å². The second-order valence-corrected chi connectivity index (χ2v) is 12.7. The molecule has 0 aromatic heterocycles. The summed E-state index contributed by atoms with van der Waals surface area (Å²) in [4.78, 5) is 26.1. The molecule has 0 aromatic carbocycles. The van der Waals surface area contributed by atoms with Crippen molar-refractivity contribution < 1.29 is 19.1 Å². The molecule has 0 saturated heterocycles. The van der Waals surface area contributed by atoms with Gasteiger partial charge in [0.05, 0.1) is 0 Å². The summed E-state index contributed by atoms with van der Waals surface area (Å²) >= 11 is 0. The normalized spacial score (nSPS) is 12.1. The summed E-state index contributed by atoms with van der Waals surface area (Å²) in [6.07, 6.45) is 45.2. The van der Waals surface area contributed by atoms with Crippen molar-refractivity contribution in [1.82, 2.24) is 4.90 Å². The van der Waals surface area contributed by atoms with Gasteiger partial charge < -0.3 is 9.47 Å². The molecule has 0 heterocycles. The smallest absolute Gasteiger partial charge is 0.305 e. The molecule has 266 valence electrons. The number of unbranched alkanes of at least 4 members (excludes halogenated alkanes) is 16. The first-order valence-electron chi connectivity index (χ1n) is 19.2. The molecule has 0 aromatic rings. The van der Waals surface area contributed by atoms with Crippen LogP contribution < -0.4 is 0 Å². The molecule has 0 radical (unpaired) electrons. The number of esters is 2. The van der Waals surface area contributed by atoms with Crippen molar-refractivity contribution in [1.29, 1.82) is 0 Å². The van der Waals surface area contributed by atoms with Crippen molar-refractivity contribution >= 4 is 11.9 Å². The average molecular weight is 644 g/mol. The van der Waals surface area contributed by atoms with Crippen LogP contribution in [0.5, 0.6) is 0 Å². The van der Waals surface area contributed by atoms with Crippen molar-refractivity contribution in [2.24, 2.45) is 0 Å². The van der Waals surface area contributed by atoms with E-state index in [1.807, 2.05) is 11.9 Å². The van der Waals surface area contributed by atoms with E-state index < -0.39 is 0 Å². The van der Waals surface area contributed by atoms with E-state index in [1.165, 1.54) is 89.9 Å². The predicted octanol–water partition coefficient (Wildman–Crippen LogP) is 11.6. The topological polar surface area (TPSA) is 55.8 Å². The number of carbonyl (C=O) groups is 2. The lowest BCUT2D eigenvalue weighted by Gasteiger charge is -2.16. The third kappa shape index (κ3) is 36.3. The Balaban J connectivity index is 3.48. The maximum Gasteiger partial charge on any atom is 0.305 e. The first-order valence-corrected chi connectivity index (χ1v) is 19.2. The quantitative estimate of drug-likeness (QED) is 0.0397. The zero-order valence-electron chi connectivity index (χ0n) is 30.5. The fourth-order valence-electron chi connectivity index (χ4n) is 5.05. The van der Waals surface area contributed by atoms with Gasteiger partial charge in [0.25, 0.3) is 0 Å². The molecule has 0 aliphatic carbocycles. The zero-order chi connectivity index (χ0) is 33.6. The lowest BCUT2D eigenvalue weighted by molar-refractivity contribution is -0.144. The van der Waals surface area contributed by atoms with Crippen LogP contribution in [-0.4, -0.2) is 50.2 Å². The number of nitrogens with zero attached hydrogens (tertiary/aromatic N) is 1. The highest BCUT2D eigenvalue weighted by atomic mass is 16.5. The van der Waals surface area contributed by atoms with Gasteiger partial charge in [-0.25, -0.2) is 0 Å². The predicted molar refractivity (Wildman–Crippen MR) is 198 cm³/mol. The van der Waals surface area contributed by atoms with E-state index >= 15 is 0 Å². The van der Waals surface area contributed by atoms with Crippen LogP contribution in [0, 0.1) is 0 Å². The Morgan fingerprint density at radius 1 is 0.457 bits per heavy atom. The standard InChI is InChI=1S/C41H73NO4/c1-4-6-8-10-12-14-16-18-20-22-24-26-28-30-32-34-40(43)45-38-36-42(3)37-39-46-41(44)35-33-31-29-27-25-23-21-19-17-15-13-11-9-7-5-2/h12-15,18-21H,4-11,16-17,22-39H2,1-3H3. The van der Waals surface area contributed by atoms with Crippen LogP contribution >= 0.6 is 0 Å². The fourth-order valence-corrected chi connectivity index (χ4v) is 5.05. The average Bonchev–Trinajstić information content (AvgIpc) is 3.04. The number of likely N-dealkylation sites (N-methyl/N-ethyl adjacent to an activating group) is 1. The number of ether oxygens (including phenoxy) is 2. The maximum atomic E-state index is 12.0. The molecule has 0 atom stereocenters. The molecule has 5 nitrogen and oxygen atoms in total. The van der Waals surface area contributed by atoms with Crippen molar-refractivity contribution in [2.75, 3.05) is 33.4 Å². The second kappa shape index (κ2) is 37.3. The Morgan fingerprint density at radius 3 is 1.15 bits per heavy atom. The van der Waals surface area contributed by atoms with E-state index in [0.29, 0.717) is 39.1 Å². The number of allylic oxidation sites excluding steroid dienone is 8. The van der Waals surface area contributed by atoms with Gasteiger partial charge in [0, 0.05) is 25.9 Å². The molecule has 0 unspecified atom stereocenters. The van der Waals surface area contributed by atoms with Crippen molar-refractivity contribution in [2.45, 2.75) is 168 Å². The highest BCUT2D eigenvalue weighted by molar-refractivity contribution is 5.69. The molecular formula is C41H73NO4. The van der Waals surface area contributed by atoms with Crippen molar-refractivity contribution in [3.05, 3.63) is 48.6 Å². The summed E-state index contributed by atoms with van der Waals surface area (Å²) in [5, 5.41) is 0. The van der Waals surface area contributed by atoms with E-state index in [4.69, 9.17) is 9.47 Å². The van der Waals surface area contributed by atoms with E-state index in [1.54, 1.807) is 0 Å². The summed E-state index contributed by atoms with van der Waals surface area (Å²) < 4.78 is 10.8. The van der Waals surface area contributed by atoms with Gasteiger partial charge in [0.2, 0.25) is 0 Å². The number of carbonyl (C=O) groups excluding carboxylic acids is 2. The van der Waals surface area contributed by atoms with E-state index in [0.717, 1.165) is 51.4 Å². The molecular weight excluding hydrogens is 570 g/mol. The molecule has 0 aliphatic heterocycles. The lowest BCUT2D eigenvalue weighted by Crippen LogP contribution is -2.28. The minimum atomic E-state index is -0.108. The number of rotatable bonds is 34. The lowest BCUT2D eigenvalue weighted by atomic mass is 10.1. The number of hydrogen-bond donors (Lipinski definition) is 0. The Bertz CT molecular complexity index is 721. The minimum Gasteiger partial charge on any atom is -0.464 e. The highest BCUT2D eigenvalue weighted by Gasteiger charge is 2.06. The van der Waals surface area contributed by atoms with Crippen LogP contribution in [0.25, 0.3) is 0 Å². The third-order valence-electron chi connectivity index (χ3n) is 8.14. The zero-order valence-corrected chi connectivity index (χ0v) is 30.5. The third-order valence-corrected chi connectivity index (χ3v) is 8.14. The molecule has 0 bridgehead atoms.